The fourth-order valence-corrected chi connectivity index (χ4v) is 2.45. The van der Waals surface area contributed by atoms with Gasteiger partial charge in [0.1, 0.15) is 0 Å². The first kappa shape index (κ1) is 12.6. The predicted octanol–water partition coefficient (Wildman–Crippen LogP) is 1.90. The minimum Gasteiger partial charge on any atom is -0.390 e. The minimum absolute atomic E-state index is 0.0315. The Kier molecular flexibility index (Phi) is 3.52. The van der Waals surface area contributed by atoms with Crippen LogP contribution in [0.5, 0.6) is 0 Å². The van der Waals surface area contributed by atoms with Crippen LogP contribution < -0.4 is 0 Å². The molecule has 0 spiro atoms. The van der Waals surface area contributed by atoms with Crippen LogP contribution in [-0.2, 0) is 4.74 Å². The van der Waals surface area contributed by atoms with Crippen LogP contribution in [0.25, 0.3) is 0 Å². The van der Waals surface area contributed by atoms with Crippen molar-refractivity contribution in [1.82, 2.24) is 0 Å². The quantitative estimate of drug-likeness (QED) is 0.824. The van der Waals surface area contributed by atoms with E-state index in [1.54, 1.807) is 13.8 Å². The van der Waals surface area contributed by atoms with Gasteiger partial charge in [-0.1, -0.05) is 30.3 Å². The van der Waals surface area contributed by atoms with Crippen LogP contribution in [0.15, 0.2) is 30.3 Å². The van der Waals surface area contributed by atoms with Crippen molar-refractivity contribution in [2.45, 2.75) is 38.1 Å². The molecular weight excluding hydrogens is 216 g/mol. The van der Waals surface area contributed by atoms with Gasteiger partial charge in [0.25, 0.3) is 0 Å². The third kappa shape index (κ3) is 2.86. The Labute approximate surface area is 102 Å². The Morgan fingerprint density at radius 1 is 1.24 bits per heavy atom. The summed E-state index contributed by atoms with van der Waals surface area (Å²) in [6.07, 6.45) is 0.0280. The van der Waals surface area contributed by atoms with Gasteiger partial charge in [-0.2, -0.15) is 0 Å². The molecule has 0 aliphatic carbocycles. The number of aliphatic hydroxyl groups excluding tert-OH is 1. The molecular formula is C14H20O3. The molecule has 1 aliphatic rings. The molecule has 0 amide bonds. The smallest absolute Gasteiger partial charge is 0.0830 e. The number of hydrogen-bond acceptors (Lipinski definition) is 3. The summed E-state index contributed by atoms with van der Waals surface area (Å²) in [6.45, 7) is 3.77. The largest absolute Gasteiger partial charge is 0.390 e. The molecule has 3 nitrogen and oxygen atoms in total. The van der Waals surface area contributed by atoms with Crippen molar-refractivity contribution in [3.63, 3.8) is 0 Å². The molecule has 94 valence electrons. The van der Waals surface area contributed by atoms with Crippen molar-refractivity contribution in [2.24, 2.45) is 5.92 Å². The van der Waals surface area contributed by atoms with E-state index in [1.165, 1.54) is 0 Å². The predicted molar refractivity (Wildman–Crippen MR) is 65.5 cm³/mol. The molecule has 0 radical (unpaired) electrons. The van der Waals surface area contributed by atoms with Gasteiger partial charge in [-0.15, -0.1) is 0 Å². The second-order valence-electron chi connectivity index (χ2n) is 5.30. The third-order valence-corrected chi connectivity index (χ3v) is 3.48. The molecule has 3 atom stereocenters. The highest BCUT2D eigenvalue weighted by atomic mass is 16.5. The van der Waals surface area contributed by atoms with Crippen LogP contribution in [0.4, 0.5) is 0 Å². The summed E-state index contributed by atoms with van der Waals surface area (Å²) in [5.41, 5.74) is 0.226. The average Bonchev–Trinajstić information content (AvgIpc) is 2.29. The summed E-state index contributed by atoms with van der Waals surface area (Å²) in [5, 5.41) is 19.9. The van der Waals surface area contributed by atoms with Gasteiger partial charge in [-0.3, -0.25) is 0 Å². The Hall–Kier alpha value is -0.900. The van der Waals surface area contributed by atoms with E-state index in [0.29, 0.717) is 6.42 Å². The van der Waals surface area contributed by atoms with E-state index in [4.69, 9.17) is 4.74 Å². The van der Waals surface area contributed by atoms with Crippen molar-refractivity contribution >= 4 is 0 Å². The molecule has 1 heterocycles. The van der Waals surface area contributed by atoms with E-state index in [9.17, 15) is 10.2 Å². The van der Waals surface area contributed by atoms with E-state index >= 15 is 0 Å². The minimum atomic E-state index is -0.879. The maximum atomic E-state index is 10.1. The monoisotopic (exact) mass is 236 g/mol. The number of ether oxygens (including phenoxy) is 1. The van der Waals surface area contributed by atoms with Gasteiger partial charge < -0.3 is 14.9 Å². The summed E-state index contributed by atoms with van der Waals surface area (Å²) in [5.74, 6) is -0.151. The topological polar surface area (TPSA) is 49.7 Å². The van der Waals surface area contributed by atoms with E-state index < -0.39 is 11.7 Å². The normalized spacial score (nSPS) is 30.2. The molecule has 1 aromatic rings. The van der Waals surface area contributed by atoms with Gasteiger partial charge in [0, 0.05) is 5.92 Å². The molecule has 1 saturated heterocycles. The van der Waals surface area contributed by atoms with E-state index in [2.05, 4.69) is 0 Å². The lowest BCUT2D eigenvalue weighted by atomic mass is 9.79. The number of benzene rings is 1. The molecule has 0 bridgehead atoms. The standard InChI is InChI=1S/C14H20O3/c1-14(2,16)11-8-13(17-9-12(11)15)10-6-4-3-5-7-10/h3-7,11-13,15-16H,8-9H2,1-2H3/t11-,12-,13-/m0/s1. The van der Waals surface area contributed by atoms with Gasteiger partial charge in [0.2, 0.25) is 0 Å². The van der Waals surface area contributed by atoms with Crippen molar-refractivity contribution in [3.05, 3.63) is 35.9 Å². The van der Waals surface area contributed by atoms with Gasteiger partial charge in [-0.25, -0.2) is 0 Å². The summed E-state index contributed by atoms with van der Waals surface area (Å²) >= 11 is 0. The molecule has 1 aromatic carbocycles. The highest BCUT2D eigenvalue weighted by Gasteiger charge is 2.39. The van der Waals surface area contributed by atoms with Crippen molar-refractivity contribution in [2.75, 3.05) is 6.61 Å². The van der Waals surface area contributed by atoms with Gasteiger partial charge in [0.15, 0.2) is 0 Å². The lowest BCUT2D eigenvalue weighted by Crippen LogP contribution is -2.45. The van der Waals surface area contributed by atoms with Crippen LogP contribution in [-0.4, -0.2) is 28.5 Å². The summed E-state index contributed by atoms with van der Waals surface area (Å²) in [6, 6.07) is 9.95. The van der Waals surface area contributed by atoms with Crippen molar-refractivity contribution in [1.29, 1.82) is 0 Å². The van der Waals surface area contributed by atoms with E-state index in [-0.39, 0.29) is 18.6 Å². The van der Waals surface area contributed by atoms with Crippen LogP contribution in [0.1, 0.15) is 31.9 Å². The van der Waals surface area contributed by atoms with Crippen LogP contribution >= 0.6 is 0 Å². The van der Waals surface area contributed by atoms with Crippen LogP contribution in [0.2, 0.25) is 0 Å². The molecule has 0 unspecified atom stereocenters. The third-order valence-electron chi connectivity index (χ3n) is 3.48. The lowest BCUT2D eigenvalue weighted by molar-refractivity contribution is -0.144. The van der Waals surface area contributed by atoms with Gasteiger partial charge in [0.05, 0.1) is 24.4 Å². The Balaban J connectivity index is 2.13. The molecule has 3 heteroatoms. The highest BCUT2D eigenvalue weighted by Crippen LogP contribution is 2.37. The summed E-state index contributed by atoms with van der Waals surface area (Å²) in [4.78, 5) is 0. The SMILES string of the molecule is CC(C)(O)[C@H]1C[C@@H](c2ccccc2)OC[C@@H]1O. The number of aliphatic hydroxyl groups is 2. The van der Waals surface area contributed by atoms with Crippen molar-refractivity contribution in [3.8, 4) is 0 Å². The molecule has 0 saturated carbocycles. The Morgan fingerprint density at radius 2 is 1.88 bits per heavy atom. The van der Waals surface area contributed by atoms with Crippen LogP contribution in [0, 0.1) is 5.92 Å². The maximum Gasteiger partial charge on any atom is 0.0830 e. The first-order valence-electron chi connectivity index (χ1n) is 6.05. The van der Waals surface area contributed by atoms with Crippen molar-refractivity contribution < 1.29 is 14.9 Å². The zero-order chi connectivity index (χ0) is 12.5. The fraction of sp³-hybridized carbons (Fsp3) is 0.571. The molecule has 2 rings (SSSR count). The maximum absolute atomic E-state index is 10.1. The zero-order valence-corrected chi connectivity index (χ0v) is 10.3. The van der Waals surface area contributed by atoms with E-state index in [1.807, 2.05) is 30.3 Å². The Morgan fingerprint density at radius 3 is 2.47 bits per heavy atom. The number of hydrogen-bond donors (Lipinski definition) is 2. The zero-order valence-electron chi connectivity index (χ0n) is 10.3. The molecule has 1 aliphatic heterocycles. The second kappa shape index (κ2) is 4.77. The van der Waals surface area contributed by atoms with Gasteiger partial charge >= 0.3 is 0 Å². The van der Waals surface area contributed by atoms with E-state index in [0.717, 1.165) is 5.56 Å². The first-order chi connectivity index (χ1) is 7.98. The van der Waals surface area contributed by atoms with Crippen LogP contribution in [0.3, 0.4) is 0 Å². The fourth-order valence-electron chi connectivity index (χ4n) is 2.45. The molecule has 17 heavy (non-hydrogen) atoms. The summed E-state index contributed by atoms with van der Waals surface area (Å²) in [7, 11) is 0. The Bertz CT molecular complexity index is 355. The average molecular weight is 236 g/mol. The molecule has 2 N–H and O–H groups in total. The number of rotatable bonds is 2. The molecule has 1 fully saturated rings. The molecule has 0 aromatic heterocycles. The van der Waals surface area contributed by atoms with Gasteiger partial charge in [-0.05, 0) is 25.8 Å². The second-order valence-corrected chi connectivity index (χ2v) is 5.30. The summed E-state index contributed by atoms with van der Waals surface area (Å²) < 4.78 is 5.64. The lowest BCUT2D eigenvalue weighted by Gasteiger charge is -2.40. The first-order valence-corrected chi connectivity index (χ1v) is 6.05. The highest BCUT2D eigenvalue weighted by molar-refractivity contribution is 5.18.